The average molecular weight is 381 g/mol. The molecule has 0 spiro atoms. The number of hydrogen-bond acceptors (Lipinski definition) is 0. The number of halogens is 1. The van der Waals surface area contributed by atoms with Crippen molar-refractivity contribution in [2.45, 2.75) is 148 Å². The Labute approximate surface area is 170 Å². The summed E-state index contributed by atoms with van der Waals surface area (Å²) < 4.78 is 15.1. The lowest BCUT2D eigenvalue weighted by atomic mass is 9.67. The Morgan fingerprint density at radius 1 is 0.630 bits per heavy atom. The van der Waals surface area contributed by atoms with Crippen molar-refractivity contribution in [3.63, 3.8) is 0 Å². The Bertz CT molecular complexity index is 347. The molecule has 160 valence electrons. The van der Waals surface area contributed by atoms with E-state index in [0.29, 0.717) is 0 Å². The van der Waals surface area contributed by atoms with Crippen LogP contribution in [0.15, 0.2) is 0 Å². The predicted octanol–water partition coefficient (Wildman–Crippen LogP) is 9.41. The molecule has 0 radical (unpaired) electrons. The fourth-order valence-corrected chi connectivity index (χ4v) is 5.91. The molecule has 0 amide bonds. The zero-order valence-electron chi connectivity index (χ0n) is 18.8. The Morgan fingerprint density at radius 3 is 1.74 bits per heavy atom. The third-order valence-electron chi connectivity index (χ3n) is 7.93. The first kappa shape index (κ1) is 23.2. The van der Waals surface area contributed by atoms with Gasteiger partial charge in [-0.2, -0.15) is 0 Å². The first-order chi connectivity index (χ1) is 13.2. The Hall–Kier alpha value is -0.0700. The van der Waals surface area contributed by atoms with E-state index in [1.165, 1.54) is 103 Å². The van der Waals surface area contributed by atoms with Crippen molar-refractivity contribution < 1.29 is 4.39 Å². The molecular weight excluding hydrogens is 331 g/mol. The van der Waals surface area contributed by atoms with E-state index in [2.05, 4.69) is 13.8 Å². The van der Waals surface area contributed by atoms with Gasteiger partial charge in [-0.05, 0) is 62.7 Å². The van der Waals surface area contributed by atoms with Crippen molar-refractivity contribution in [3.8, 4) is 0 Å². The molecule has 0 aromatic rings. The second-order valence-electron chi connectivity index (χ2n) is 10.1. The summed E-state index contributed by atoms with van der Waals surface area (Å²) in [5.41, 5.74) is -0.807. The minimum Gasteiger partial charge on any atom is -0.244 e. The maximum Gasteiger partial charge on any atom is 0.111 e. The lowest BCUT2D eigenvalue weighted by Gasteiger charge is -2.40. The molecule has 2 saturated carbocycles. The van der Waals surface area contributed by atoms with E-state index in [9.17, 15) is 0 Å². The number of rotatable bonds is 13. The molecule has 0 unspecified atom stereocenters. The van der Waals surface area contributed by atoms with Crippen LogP contribution in [0.25, 0.3) is 0 Å². The van der Waals surface area contributed by atoms with Crippen molar-refractivity contribution in [2.75, 3.05) is 0 Å². The molecular formula is C26H49F. The predicted molar refractivity (Wildman–Crippen MR) is 118 cm³/mol. The van der Waals surface area contributed by atoms with Gasteiger partial charge < -0.3 is 0 Å². The minimum atomic E-state index is -0.807. The van der Waals surface area contributed by atoms with Crippen LogP contribution >= 0.6 is 0 Å². The molecule has 0 atom stereocenters. The molecule has 2 rings (SSSR count). The molecule has 0 saturated heterocycles. The Balaban J connectivity index is 1.56. The largest absolute Gasteiger partial charge is 0.244 e. The number of unbranched alkanes of at least 4 members (excludes halogenated alkanes) is 8. The van der Waals surface area contributed by atoms with Crippen LogP contribution < -0.4 is 0 Å². The van der Waals surface area contributed by atoms with Crippen LogP contribution in [0.1, 0.15) is 142 Å². The molecule has 0 bridgehead atoms. The van der Waals surface area contributed by atoms with E-state index in [1.807, 2.05) is 0 Å². The van der Waals surface area contributed by atoms with Gasteiger partial charge in [0.2, 0.25) is 0 Å². The van der Waals surface area contributed by atoms with Crippen LogP contribution in [0, 0.1) is 17.8 Å². The van der Waals surface area contributed by atoms with Crippen LogP contribution in [0.3, 0.4) is 0 Å². The topological polar surface area (TPSA) is 0 Å². The quantitative estimate of drug-likeness (QED) is 0.279. The molecule has 2 aliphatic carbocycles. The summed E-state index contributed by atoms with van der Waals surface area (Å²) >= 11 is 0. The van der Waals surface area contributed by atoms with Crippen LogP contribution in [0.4, 0.5) is 4.39 Å². The summed E-state index contributed by atoms with van der Waals surface area (Å²) in [6.45, 7) is 4.55. The van der Waals surface area contributed by atoms with Crippen LogP contribution in [-0.2, 0) is 0 Å². The van der Waals surface area contributed by atoms with Gasteiger partial charge in [0.1, 0.15) is 5.67 Å². The van der Waals surface area contributed by atoms with Crippen molar-refractivity contribution in [1.29, 1.82) is 0 Å². The molecule has 0 nitrogen and oxygen atoms in total. The molecule has 0 aromatic carbocycles. The van der Waals surface area contributed by atoms with E-state index in [1.54, 1.807) is 0 Å². The van der Waals surface area contributed by atoms with Gasteiger partial charge in [-0.25, -0.2) is 4.39 Å². The molecule has 0 aromatic heterocycles. The van der Waals surface area contributed by atoms with Gasteiger partial charge in [0.15, 0.2) is 0 Å². The smallest absolute Gasteiger partial charge is 0.111 e. The molecule has 1 heteroatoms. The van der Waals surface area contributed by atoms with Crippen molar-refractivity contribution in [3.05, 3.63) is 0 Å². The third-order valence-corrected chi connectivity index (χ3v) is 7.93. The van der Waals surface area contributed by atoms with E-state index in [0.717, 1.165) is 43.4 Å². The second kappa shape index (κ2) is 13.2. The molecule has 0 N–H and O–H groups in total. The summed E-state index contributed by atoms with van der Waals surface area (Å²) in [6, 6.07) is 0. The van der Waals surface area contributed by atoms with Crippen LogP contribution in [0.2, 0.25) is 0 Å². The zero-order valence-corrected chi connectivity index (χ0v) is 18.8. The maximum atomic E-state index is 15.1. The van der Waals surface area contributed by atoms with E-state index in [4.69, 9.17) is 0 Å². The zero-order chi connectivity index (χ0) is 19.4. The third kappa shape index (κ3) is 8.86. The van der Waals surface area contributed by atoms with E-state index < -0.39 is 5.67 Å². The van der Waals surface area contributed by atoms with Gasteiger partial charge in [-0.15, -0.1) is 0 Å². The van der Waals surface area contributed by atoms with Gasteiger partial charge in [0.05, 0.1) is 0 Å². The highest BCUT2D eigenvalue weighted by molar-refractivity contribution is 4.89. The van der Waals surface area contributed by atoms with Crippen molar-refractivity contribution >= 4 is 0 Å². The normalized spacial score (nSPS) is 31.9. The van der Waals surface area contributed by atoms with Gasteiger partial charge >= 0.3 is 0 Å². The van der Waals surface area contributed by atoms with Crippen LogP contribution in [-0.4, -0.2) is 5.67 Å². The highest BCUT2D eigenvalue weighted by atomic mass is 19.1. The van der Waals surface area contributed by atoms with Crippen LogP contribution in [0.5, 0.6) is 0 Å². The highest BCUT2D eigenvalue weighted by Gasteiger charge is 2.38. The fraction of sp³-hybridized carbons (Fsp3) is 1.00. The molecule has 0 aliphatic heterocycles. The first-order valence-corrected chi connectivity index (χ1v) is 12.9. The lowest BCUT2D eigenvalue weighted by Crippen LogP contribution is -2.33. The Kier molecular flexibility index (Phi) is 11.4. The summed E-state index contributed by atoms with van der Waals surface area (Å²) in [4.78, 5) is 0. The maximum absolute atomic E-state index is 15.1. The van der Waals surface area contributed by atoms with E-state index >= 15 is 4.39 Å². The Morgan fingerprint density at radius 2 is 1.15 bits per heavy atom. The highest BCUT2D eigenvalue weighted by Crippen LogP contribution is 2.45. The summed E-state index contributed by atoms with van der Waals surface area (Å²) in [6.07, 6.45) is 25.6. The fourth-order valence-electron chi connectivity index (χ4n) is 5.91. The first-order valence-electron chi connectivity index (χ1n) is 12.9. The average Bonchev–Trinajstić information content (AvgIpc) is 2.69. The molecule has 2 fully saturated rings. The molecule has 0 heterocycles. The van der Waals surface area contributed by atoms with E-state index in [-0.39, 0.29) is 0 Å². The van der Waals surface area contributed by atoms with Crippen molar-refractivity contribution in [2.24, 2.45) is 17.8 Å². The minimum absolute atomic E-state index is 0.807. The van der Waals surface area contributed by atoms with Gasteiger partial charge in [-0.3, -0.25) is 0 Å². The molecule has 27 heavy (non-hydrogen) atoms. The number of hydrogen-bond donors (Lipinski definition) is 0. The summed E-state index contributed by atoms with van der Waals surface area (Å²) in [5.74, 6) is 2.78. The number of alkyl halides is 1. The van der Waals surface area contributed by atoms with Gasteiger partial charge in [0, 0.05) is 0 Å². The van der Waals surface area contributed by atoms with Crippen molar-refractivity contribution in [1.82, 2.24) is 0 Å². The SMILES string of the molecule is CCCCCCCC1(F)CCC([C@H]2CC[C@H](CCCCCCC)CC2)CC1. The summed E-state index contributed by atoms with van der Waals surface area (Å²) in [7, 11) is 0. The second-order valence-corrected chi connectivity index (χ2v) is 10.1. The monoisotopic (exact) mass is 380 g/mol. The lowest BCUT2D eigenvalue weighted by molar-refractivity contribution is 0.0455. The summed E-state index contributed by atoms with van der Waals surface area (Å²) in [5, 5.41) is 0. The molecule has 2 aliphatic rings. The van der Waals surface area contributed by atoms with Gasteiger partial charge in [-0.1, -0.05) is 97.3 Å². The van der Waals surface area contributed by atoms with Gasteiger partial charge in [0.25, 0.3) is 0 Å². The standard InChI is InChI=1S/C26H49F/c1-3-5-7-9-11-13-23-14-16-24(17-15-23)25-18-21-26(27,22-19-25)20-12-10-8-6-4-2/h23-25H,3-22H2,1-2H3/t23-,24-,25?,26?.